The summed E-state index contributed by atoms with van der Waals surface area (Å²) in [6.07, 6.45) is 0. The van der Waals surface area contributed by atoms with Gasteiger partial charge < -0.3 is 4.74 Å². The van der Waals surface area contributed by atoms with Gasteiger partial charge in [0, 0.05) is 4.83 Å². The molecule has 0 aliphatic carbocycles. The van der Waals surface area contributed by atoms with Crippen LogP contribution in [0, 0.1) is 5.92 Å². The molecule has 0 radical (unpaired) electrons. The lowest BCUT2D eigenvalue weighted by atomic mass is 9.99. The van der Waals surface area contributed by atoms with Gasteiger partial charge >= 0.3 is 0 Å². The molecule has 54 valence electrons. The van der Waals surface area contributed by atoms with Gasteiger partial charge in [0.25, 0.3) is 0 Å². The van der Waals surface area contributed by atoms with E-state index in [-0.39, 0.29) is 5.60 Å². The van der Waals surface area contributed by atoms with Crippen LogP contribution in [0.4, 0.5) is 0 Å². The minimum absolute atomic E-state index is 0.0411. The van der Waals surface area contributed by atoms with Crippen LogP contribution in [-0.2, 0) is 4.74 Å². The van der Waals surface area contributed by atoms with E-state index in [0.717, 1.165) is 6.61 Å². The number of hydrogen-bond acceptors (Lipinski definition) is 1. The Kier molecular flexibility index (Phi) is 1.88. The van der Waals surface area contributed by atoms with Gasteiger partial charge in [0.1, 0.15) is 0 Å². The van der Waals surface area contributed by atoms with Crippen molar-refractivity contribution in [3.8, 4) is 0 Å². The second-order valence-electron chi connectivity index (χ2n) is 3.29. The topological polar surface area (TPSA) is 9.23 Å². The molecule has 0 aromatic heterocycles. The van der Waals surface area contributed by atoms with Crippen LogP contribution < -0.4 is 0 Å². The first-order valence-corrected chi connectivity index (χ1v) is 4.23. The summed E-state index contributed by atoms with van der Waals surface area (Å²) >= 11 is 3.60. The Morgan fingerprint density at radius 3 is 2.22 bits per heavy atom. The van der Waals surface area contributed by atoms with E-state index in [2.05, 4.69) is 36.7 Å². The zero-order valence-electron chi connectivity index (χ0n) is 6.15. The van der Waals surface area contributed by atoms with Crippen LogP contribution in [0.2, 0.25) is 0 Å². The predicted molar refractivity (Wildman–Crippen MR) is 41.9 cm³/mol. The first-order chi connectivity index (χ1) is 4.04. The van der Waals surface area contributed by atoms with Crippen molar-refractivity contribution in [1.82, 2.24) is 0 Å². The third kappa shape index (κ3) is 1.30. The molecule has 1 aliphatic heterocycles. The number of ether oxygens (including phenoxy) is 1. The third-order valence-corrected chi connectivity index (χ3v) is 3.89. The van der Waals surface area contributed by atoms with Gasteiger partial charge in [-0.05, 0) is 19.8 Å². The van der Waals surface area contributed by atoms with Crippen molar-refractivity contribution in [2.45, 2.75) is 31.2 Å². The molecular formula is C7H13BrO. The van der Waals surface area contributed by atoms with Crippen LogP contribution in [0.1, 0.15) is 20.8 Å². The molecule has 9 heavy (non-hydrogen) atoms. The number of rotatable bonds is 0. The van der Waals surface area contributed by atoms with E-state index in [1.54, 1.807) is 0 Å². The lowest BCUT2D eigenvalue weighted by molar-refractivity contribution is 0.0384. The van der Waals surface area contributed by atoms with Gasteiger partial charge in [0.15, 0.2) is 0 Å². The molecular weight excluding hydrogens is 180 g/mol. The average Bonchev–Trinajstić information content (AvgIpc) is 1.97. The molecule has 0 bridgehead atoms. The van der Waals surface area contributed by atoms with Crippen molar-refractivity contribution in [3.05, 3.63) is 0 Å². The summed E-state index contributed by atoms with van der Waals surface area (Å²) in [7, 11) is 0. The molecule has 1 heterocycles. The molecule has 0 aromatic carbocycles. The van der Waals surface area contributed by atoms with Crippen LogP contribution in [0.3, 0.4) is 0 Å². The molecule has 0 saturated carbocycles. The Morgan fingerprint density at radius 2 is 2.11 bits per heavy atom. The largest absolute Gasteiger partial charge is 0.374 e. The highest BCUT2D eigenvalue weighted by Gasteiger charge is 2.38. The predicted octanol–water partition coefficient (Wildman–Crippen LogP) is 2.19. The van der Waals surface area contributed by atoms with Crippen molar-refractivity contribution < 1.29 is 4.74 Å². The van der Waals surface area contributed by atoms with Crippen molar-refractivity contribution in [3.63, 3.8) is 0 Å². The molecule has 1 saturated heterocycles. The Balaban J connectivity index is 2.62. The highest BCUT2D eigenvalue weighted by molar-refractivity contribution is 9.09. The molecule has 0 N–H and O–H groups in total. The smallest absolute Gasteiger partial charge is 0.0754 e. The van der Waals surface area contributed by atoms with Crippen LogP contribution in [0.5, 0.6) is 0 Å². The molecule has 0 amide bonds. The van der Waals surface area contributed by atoms with E-state index >= 15 is 0 Å². The van der Waals surface area contributed by atoms with Crippen LogP contribution >= 0.6 is 15.9 Å². The van der Waals surface area contributed by atoms with Crippen molar-refractivity contribution in [2.24, 2.45) is 5.92 Å². The van der Waals surface area contributed by atoms with Gasteiger partial charge in [0.05, 0.1) is 12.2 Å². The number of alkyl halides is 1. The Bertz CT molecular complexity index is 111. The standard InChI is InChI=1S/C7H13BrO/c1-5-4-9-7(2,3)6(5)8/h5-6H,4H2,1-3H3/t5-,6+/m1/s1. The van der Waals surface area contributed by atoms with Crippen LogP contribution in [-0.4, -0.2) is 17.0 Å². The first kappa shape index (κ1) is 7.55. The zero-order chi connectivity index (χ0) is 7.07. The fourth-order valence-electron chi connectivity index (χ4n) is 1.20. The second-order valence-corrected chi connectivity index (χ2v) is 4.28. The van der Waals surface area contributed by atoms with Gasteiger partial charge in [-0.25, -0.2) is 0 Å². The number of halogens is 1. The van der Waals surface area contributed by atoms with Gasteiger partial charge in [-0.3, -0.25) is 0 Å². The molecule has 1 nitrogen and oxygen atoms in total. The monoisotopic (exact) mass is 192 g/mol. The first-order valence-electron chi connectivity index (χ1n) is 3.32. The summed E-state index contributed by atoms with van der Waals surface area (Å²) < 4.78 is 5.52. The lowest BCUT2D eigenvalue weighted by Crippen LogP contribution is -2.29. The summed E-state index contributed by atoms with van der Waals surface area (Å²) in [5.74, 6) is 0.653. The van der Waals surface area contributed by atoms with E-state index in [0.29, 0.717) is 10.7 Å². The van der Waals surface area contributed by atoms with Crippen LogP contribution in [0.15, 0.2) is 0 Å². The average molecular weight is 193 g/mol. The van der Waals surface area contributed by atoms with E-state index < -0.39 is 0 Å². The summed E-state index contributed by atoms with van der Waals surface area (Å²) in [5.41, 5.74) is 0.0411. The van der Waals surface area contributed by atoms with Crippen LogP contribution in [0.25, 0.3) is 0 Å². The molecule has 1 aliphatic rings. The van der Waals surface area contributed by atoms with Crippen molar-refractivity contribution in [2.75, 3.05) is 6.61 Å². The minimum Gasteiger partial charge on any atom is -0.374 e. The highest BCUT2D eigenvalue weighted by Crippen LogP contribution is 2.34. The normalized spacial score (nSPS) is 41.3. The zero-order valence-corrected chi connectivity index (χ0v) is 7.73. The summed E-state index contributed by atoms with van der Waals surface area (Å²) in [4.78, 5) is 0.519. The van der Waals surface area contributed by atoms with Gasteiger partial charge in [-0.2, -0.15) is 0 Å². The van der Waals surface area contributed by atoms with Crippen molar-refractivity contribution >= 4 is 15.9 Å². The summed E-state index contributed by atoms with van der Waals surface area (Å²) in [5, 5.41) is 0. The van der Waals surface area contributed by atoms with E-state index in [1.165, 1.54) is 0 Å². The van der Waals surface area contributed by atoms with E-state index in [1.807, 2.05) is 0 Å². The van der Waals surface area contributed by atoms with Gasteiger partial charge in [-0.1, -0.05) is 22.9 Å². The molecule has 1 fully saturated rings. The maximum atomic E-state index is 5.52. The minimum atomic E-state index is 0.0411. The molecule has 2 atom stereocenters. The Morgan fingerprint density at radius 1 is 1.56 bits per heavy atom. The van der Waals surface area contributed by atoms with Gasteiger partial charge in [-0.15, -0.1) is 0 Å². The number of hydrogen-bond donors (Lipinski definition) is 0. The molecule has 0 spiro atoms. The van der Waals surface area contributed by atoms with Crippen molar-refractivity contribution in [1.29, 1.82) is 0 Å². The third-order valence-electron chi connectivity index (χ3n) is 1.88. The maximum Gasteiger partial charge on any atom is 0.0754 e. The fourth-order valence-corrected chi connectivity index (χ4v) is 1.48. The summed E-state index contributed by atoms with van der Waals surface area (Å²) in [6.45, 7) is 7.34. The fraction of sp³-hybridized carbons (Fsp3) is 1.00. The van der Waals surface area contributed by atoms with Gasteiger partial charge in [0.2, 0.25) is 0 Å². The summed E-state index contributed by atoms with van der Waals surface area (Å²) in [6, 6.07) is 0. The lowest BCUT2D eigenvalue weighted by Gasteiger charge is -2.21. The second kappa shape index (κ2) is 2.24. The Hall–Kier alpha value is 0.440. The van der Waals surface area contributed by atoms with E-state index in [4.69, 9.17) is 4.74 Å². The Labute approximate surface area is 64.9 Å². The van der Waals surface area contributed by atoms with E-state index in [9.17, 15) is 0 Å². The maximum absolute atomic E-state index is 5.52. The molecule has 2 heteroatoms. The molecule has 1 rings (SSSR count). The highest BCUT2D eigenvalue weighted by atomic mass is 79.9. The SMILES string of the molecule is C[C@@H]1COC(C)(C)[C@H]1Br. The molecule has 0 unspecified atom stereocenters. The molecule has 0 aromatic rings. The quantitative estimate of drug-likeness (QED) is 0.536.